The Labute approximate surface area is 118 Å². The summed E-state index contributed by atoms with van der Waals surface area (Å²) < 4.78 is 0. The van der Waals surface area contributed by atoms with E-state index in [4.69, 9.17) is 10.6 Å². The summed E-state index contributed by atoms with van der Waals surface area (Å²) in [5.74, 6) is -0.225. The van der Waals surface area contributed by atoms with Crippen molar-refractivity contribution in [2.24, 2.45) is 5.73 Å². The molecule has 0 aliphatic carbocycles. The normalized spacial score (nSPS) is 11.8. The van der Waals surface area contributed by atoms with E-state index in [-0.39, 0.29) is 18.4 Å². The average molecular weight is 270 g/mol. The molecule has 0 heterocycles. The van der Waals surface area contributed by atoms with Gasteiger partial charge in [0.25, 0.3) is 0 Å². The summed E-state index contributed by atoms with van der Waals surface area (Å²) in [7, 11) is 0. The Morgan fingerprint density at radius 1 is 1.05 bits per heavy atom. The van der Waals surface area contributed by atoms with Gasteiger partial charge in [0.05, 0.1) is 6.61 Å². The van der Waals surface area contributed by atoms with Gasteiger partial charge in [0.1, 0.15) is 0 Å². The van der Waals surface area contributed by atoms with E-state index >= 15 is 0 Å². The van der Waals surface area contributed by atoms with Crippen molar-refractivity contribution in [3.8, 4) is 0 Å². The van der Waals surface area contributed by atoms with Gasteiger partial charge in [0, 0.05) is 12.5 Å². The van der Waals surface area contributed by atoms with Gasteiger partial charge in [-0.05, 0) is 11.1 Å². The van der Waals surface area contributed by atoms with Crippen LogP contribution in [0.3, 0.4) is 0 Å². The Kier molecular flexibility index (Phi) is 5.29. The van der Waals surface area contributed by atoms with Crippen molar-refractivity contribution in [3.05, 3.63) is 71.8 Å². The second-order valence-electron chi connectivity index (χ2n) is 4.52. The number of carbonyl (C=O) groups excluding carboxylic acids is 1. The molecule has 0 saturated heterocycles. The molecule has 0 aromatic heterocycles. The molecule has 2 aromatic rings. The van der Waals surface area contributed by atoms with Crippen molar-refractivity contribution in [1.29, 1.82) is 0 Å². The third-order valence-electron chi connectivity index (χ3n) is 2.90. The van der Waals surface area contributed by atoms with Gasteiger partial charge in [0.2, 0.25) is 5.91 Å². The maximum Gasteiger partial charge on any atom is 0.245 e. The predicted molar refractivity (Wildman–Crippen MR) is 77.4 cm³/mol. The van der Waals surface area contributed by atoms with Crippen LogP contribution in [0.1, 0.15) is 23.6 Å². The van der Waals surface area contributed by atoms with Gasteiger partial charge in [-0.3, -0.25) is 9.63 Å². The predicted octanol–water partition coefficient (Wildman–Crippen LogP) is 2.32. The molecule has 2 aromatic carbocycles. The first-order valence-corrected chi connectivity index (χ1v) is 6.51. The number of rotatable bonds is 6. The Balaban J connectivity index is 1.73. The molecule has 4 heteroatoms. The molecule has 104 valence electrons. The number of benzene rings is 2. The fourth-order valence-electron chi connectivity index (χ4n) is 1.83. The molecule has 1 amide bonds. The van der Waals surface area contributed by atoms with Crippen LogP contribution >= 0.6 is 0 Å². The highest BCUT2D eigenvalue weighted by atomic mass is 16.6. The summed E-state index contributed by atoms with van der Waals surface area (Å²) >= 11 is 0. The van der Waals surface area contributed by atoms with Crippen LogP contribution < -0.4 is 11.2 Å². The van der Waals surface area contributed by atoms with Crippen LogP contribution in [0.15, 0.2) is 60.7 Å². The van der Waals surface area contributed by atoms with Crippen LogP contribution in [0.5, 0.6) is 0 Å². The quantitative estimate of drug-likeness (QED) is 0.792. The molecule has 1 atom stereocenters. The zero-order chi connectivity index (χ0) is 14.2. The maximum atomic E-state index is 11.7. The standard InChI is InChI=1S/C16H18N2O2/c17-15(14-9-5-2-6-10-14)11-16(19)18-20-12-13-7-3-1-4-8-13/h1-10,15H,11-12,17H2,(H,18,19). The molecular formula is C16H18N2O2. The zero-order valence-corrected chi connectivity index (χ0v) is 11.2. The molecule has 1 unspecified atom stereocenters. The van der Waals surface area contributed by atoms with Gasteiger partial charge in [-0.2, -0.15) is 0 Å². The topological polar surface area (TPSA) is 64.4 Å². The van der Waals surface area contributed by atoms with Crippen molar-refractivity contribution < 1.29 is 9.63 Å². The number of hydrogen-bond donors (Lipinski definition) is 2. The van der Waals surface area contributed by atoms with Crippen LogP contribution in [0, 0.1) is 0 Å². The smallest absolute Gasteiger partial charge is 0.245 e. The minimum Gasteiger partial charge on any atom is -0.324 e. The van der Waals surface area contributed by atoms with Gasteiger partial charge < -0.3 is 5.73 Å². The van der Waals surface area contributed by atoms with E-state index in [0.29, 0.717) is 6.61 Å². The number of hydroxylamine groups is 1. The molecular weight excluding hydrogens is 252 g/mol. The van der Waals surface area contributed by atoms with E-state index in [2.05, 4.69) is 5.48 Å². The van der Waals surface area contributed by atoms with Crippen molar-refractivity contribution in [1.82, 2.24) is 5.48 Å². The van der Waals surface area contributed by atoms with E-state index in [0.717, 1.165) is 11.1 Å². The van der Waals surface area contributed by atoms with Gasteiger partial charge in [-0.25, -0.2) is 5.48 Å². The minimum atomic E-state index is -0.323. The maximum absolute atomic E-state index is 11.7. The molecule has 2 rings (SSSR count). The Morgan fingerprint density at radius 3 is 2.30 bits per heavy atom. The third-order valence-corrected chi connectivity index (χ3v) is 2.90. The lowest BCUT2D eigenvalue weighted by atomic mass is 10.1. The summed E-state index contributed by atoms with van der Waals surface area (Å²) in [5.41, 5.74) is 10.3. The first-order chi connectivity index (χ1) is 9.75. The first kappa shape index (κ1) is 14.2. The number of carbonyl (C=O) groups is 1. The molecule has 0 aliphatic rings. The SMILES string of the molecule is NC(CC(=O)NOCc1ccccc1)c1ccccc1. The fourth-order valence-corrected chi connectivity index (χ4v) is 1.83. The van der Waals surface area contributed by atoms with Crippen LogP contribution in [0.4, 0.5) is 0 Å². The summed E-state index contributed by atoms with van der Waals surface area (Å²) in [6.07, 6.45) is 0.193. The molecule has 20 heavy (non-hydrogen) atoms. The summed E-state index contributed by atoms with van der Waals surface area (Å²) in [5, 5.41) is 0. The molecule has 0 spiro atoms. The average Bonchev–Trinajstić information content (AvgIpc) is 2.49. The Morgan fingerprint density at radius 2 is 1.65 bits per heavy atom. The lowest BCUT2D eigenvalue weighted by molar-refractivity contribution is -0.134. The Bertz CT molecular complexity index is 529. The summed E-state index contributed by atoms with van der Waals surface area (Å²) in [6, 6.07) is 18.8. The molecule has 0 radical (unpaired) electrons. The lowest BCUT2D eigenvalue weighted by Gasteiger charge is -2.12. The van der Waals surface area contributed by atoms with E-state index in [1.807, 2.05) is 60.7 Å². The minimum absolute atomic E-state index is 0.193. The number of nitrogens with one attached hydrogen (secondary N) is 1. The molecule has 0 bridgehead atoms. The molecule has 0 fully saturated rings. The molecule has 0 saturated carbocycles. The number of nitrogens with two attached hydrogens (primary N) is 1. The van der Waals surface area contributed by atoms with Crippen molar-refractivity contribution in [3.63, 3.8) is 0 Å². The molecule has 4 nitrogen and oxygen atoms in total. The second-order valence-corrected chi connectivity index (χ2v) is 4.52. The summed E-state index contributed by atoms with van der Waals surface area (Å²) in [6.45, 7) is 0.340. The van der Waals surface area contributed by atoms with Crippen LogP contribution in [-0.4, -0.2) is 5.91 Å². The fraction of sp³-hybridized carbons (Fsp3) is 0.188. The monoisotopic (exact) mass is 270 g/mol. The number of hydrogen-bond acceptors (Lipinski definition) is 3. The number of amides is 1. The zero-order valence-electron chi connectivity index (χ0n) is 11.2. The van der Waals surface area contributed by atoms with E-state index in [9.17, 15) is 4.79 Å². The van der Waals surface area contributed by atoms with Gasteiger partial charge >= 0.3 is 0 Å². The Hall–Kier alpha value is -2.17. The van der Waals surface area contributed by atoms with E-state index < -0.39 is 0 Å². The van der Waals surface area contributed by atoms with E-state index in [1.54, 1.807) is 0 Å². The highest BCUT2D eigenvalue weighted by Crippen LogP contribution is 2.12. The van der Waals surface area contributed by atoms with Crippen molar-refractivity contribution in [2.45, 2.75) is 19.1 Å². The third kappa shape index (κ3) is 4.50. The largest absolute Gasteiger partial charge is 0.324 e. The van der Waals surface area contributed by atoms with Gasteiger partial charge in [-0.1, -0.05) is 60.7 Å². The van der Waals surface area contributed by atoms with E-state index in [1.165, 1.54) is 0 Å². The van der Waals surface area contributed by atoms with Gasteiger partial charge in [0.15, 0.2) is 0 Å². The first-order valence-electron chi connectivity index (χ1n) is 6.51. The molecule has 3 N–H and O–H groups in total. The second kappa shape index (κ2) is 7.43. The highest BCUT2D eigenvalue weighted by molar-refractivity contribution is 5.75. The van der Waals surface area contributed by atoms with Crippen molar-refractivity contribution >= 4 is 5.91 Å². The molecule has 0 aliphatic heterocycles. The highest BCUT2D eigenvalue weighted by Gasteiger charge is 2.11. The van der Waals surface area contributed by atoms with Gasteiger partial charge in [-0.15, -0.1) is 0 Å². The van der Waals surface area contributed by atoms with Crippen LogP contribution in [0.2, 0.25) is 0 Å². The van der Waals surface area contributed by atoms with Crippen molar-refractivity contribution in [2.75, 3.05) is 0 Å². The summed E-state index contributed by atoms with van der Waals surface area (Å²) in [4.78, 5) is 16.9. The lowest BCUT2D eigenvalue weighted by Crippen LogP contribution is -2.27. The van der Waals surface area contributed by atoms with Crippen LogP contribution in [0.25, 0.3) is 0 Å². The van der Waals surface area contributed by atoms with Crippen LogP contribution in [-0.2, 0) is 16.2 Å².